The lowest BCUT2D eigenvalue weighted by atomic mass is 9.97. The number of fused-ring (bicyclic) bond motifs is 1. The van der Waals surface area contributed by atoms with E-state index in [2.05, 4.69) is 26.3 Å². The highest BCUT2D eigenvalue weighted by Crippen LogP contribution is 2.39. The van der Waals surface area contributed by atoms with Crippen molar-refractivity contribution < 1.29 is 19.1 Å². The van der Waals surface area contributed by atoms with Crippen LogP contribution in [0.2, 0.25) is 0 Å². The molecule has 45 heavy (non-hydrogen) atoms. The predicted octanol–water partition coefficient (Wildman–Crippen LogP) is 3.35. The van der Waals surface area contributed by atoms with Gasteiger partial charge in [0.2, 0.25) is 11.9 Å². The maximum Gasteiger partial charge on any atom is 0.408 e. The van der Waals surface area contributed by atoms with Crippen molar-refractivity contribution in [3.05, 3.63) is 59.7 Å². The number of hydrogen-bond acceptors (Lipinski definition) is 11. The van der Waals surface area contributed by atoms with Gasteiger partial charge in [0.1, 0.15) is 29.7 Å². The van der Waals surface area contributed by atoms with Crippen LogP contribution in [0.1, 0.15) is 63.2 Å². The van der Waals surface area contributed by atoms with Gasteiger partial charge < -0.3 is 24.8 Å². The van der Waals surface area contributed by atoms with Gasteiger partial charge in [-0.15, -0.1) is 0 Å². The van der Waals surface area contributed by atoms with E-state index in [0.717, 1.165) is 0 Å². The number of carbonyl (C=O) groups excluding carboxylic acids is 3. The maximum absolute atomic E-state index is 13.3. The van der Waals surface area contributed by atoms with Gasteiger partial charge in [-0.25, -0.2) is 24.7 Å². The minimum Gasteiger partial charge on any atom is -0.444 e. The van der Waals surface area contributed by atoms with Crippen LogP contribution in [-0.2, 0) is 16.1 Å². The molecular weight excluding hydrogens is 574 g/mol. The third kappa shape index (κ3) is 6.55. The van der Waals surface area contributed by atoms with E-state index >= 15 is 0 Å². The van der Waals surface area contributed by atoms with Crippen molar-refractivity contribution in [2.24, 2.45) is 0 Å². The SMILES string of the molecule is C[C@@H]1CN(c2ncc(-c3ccc4c(n3)N(Cc3cccnc3C#N)C(C)(C)C4=O)cn2)CCN1C(=O)CNC(=O)OC(C)(C)C. The molecule has 0 bridgehead atoms. The van der Waals surface area contributed by atoms with E-state index in [4.69, 9.17) is 9.72 Å². The summed E-state index contributed by atoms with van der Waals surface area (Å²) in [6.45, 7) is 12.6. The fraction of sp³-hybridized carbons (Fsp3) is 0.438. The number of hydrogen-bond donors (Lipinski definition) is 1. The molecule has 0 aliphatic carbocycles. The van der Waals surface area contributed by atoms with Crippen molar-refractivity contribution in [2.45, 2.75) is 65.3 Å². The normalized spacial score (nSPS) is 17.5. The van der Waals surface area contributed by atoms with Gasteiger partial charge in [0.05, 0.1) is 16.8 Å². The minimum absolute atomic E-state index is 0.0436. The topological polar surface area (TPSA) is 158 Å². The summed E-state index contributed by atoms with van der Waals surface area (Å²) in [5, 5.41) is 12.1. The smallest absolute Gasteiger partial charge is 0.408 e. The fourth-order valence-electron chi connectivity index (χ4n) is 5.51. The summed E-state index contributed by atoms with van der Waals surface area (Å²) in [6, 6.07) is 9.17. The number of nitrogens with zero attached hydrogens (tertiary/aromatic N) is 8. The first-order valence-electron chi connectivity index (χ1n) is 14.8. The highest BCUT2D eigenvalue weighted by Gasteiger charge is 2.45. The first-order chi connectivity index (χ1) is 21.3. The van der Waals surface area contributed by atoms with Crippen molar-refractivity contribution in [3.63, 3.8) is 0 Å². The Morgan fingerprint density at radius 1 is 1.13 bits per heavy atom. The Bertz CT molecular complexity index is 1660. The number of Topliss-reactive ketones (excluding diaryl/α,β-unsaturated/α-hetero) is 1. The number of alkyl carbamates (subject to hydrolysis) is 1. The Labute approximate surface area is 262 Å². The van der Waals surface area contributed by atoms with E-state index in [1.54, 1.807) is 62.5 Å². The van der Waals surface area contributed by atoms with Crippen molar-refractivity contribution in [3.8, 4) is 17.3 Å². The largest absolute Gasteiger partial charge is 0.444 e. The lowest BCUT2D eigenvalue weighted by Crippen LogP contribution is -2.56. The molecule has 13 nitrogen and oxygen atoms in total. The molecule has 1 atom stereocenters. The number of nitrogens with one attached hydrogen (secondary N) is 1. The van der Waals surface area contributed by atoms with Crippen LogP contribution in [0.3, 0.4) is 0 Å². The van der Waals surface area contributed by atoms with E-state index in [-0.39, 0.29) is 24.3 Å². The Morgan fingerprint density at radius 2 is 1.87 bits per heavy atom. The molecular formula is C32H37N9O4. The van der Waals surface area contributed by atoms with Crippen molar-refractivity contribution in [1.29, 1.82) is 5.26 Å². The summed E-state index contributed by atoms with van der Waals surface area (Å²) in [4.78, 5) is 61.9. The molecule has 5 heterocycles. The summed E-state index contributed by atoms with van der Waals surface area (Å²) in [5.74, 6) is 0.840. The molecule has 2 aliphatic heterocycles. The molecule has 13 heteroatoms. The number of carbonyl (C=O) groups is 3. The number of aromatic nitrogens is 4. The lowest BCUT2D eigenvalue weighted by molar-refractivity contribution is -0.132. The summed E-state index contributed by atoms with van der Waals surface area (Å²) >= 11 is 0. The van der Waals surface area contributed by atoms with Crippen LogP contribution < -0.4 is 15.1 Å². The fourth-order valence-corrected chi connectivity index (χ4v) is 5.51. The molecule has 3 aromatic heterocycles. The molecule has 1 N–H and O–H groups in total. The molecule has 2 aliphatic rings. The molecule has 0 saturated carbocycles. The number of piperazine rings is 1. The predicted molar refractivity (Wildman–Crippen MR) is 166 cm³/mol. The highest BCUT2D eigenvalue weighted by molar-refractivity contribution is 6.12. The third-order valence-corrected chi connectivity index (χ3v) is 7.88. The van der Waals surface area contributed by atoms with Crippen molar-refractivity contribution >= 4 is 29.5 Å². The minimum atomic E-state index is -0.858. The van der Waals surface area contributed by atoms with Crippen LogP contribution in [0, 0.1) is 11.3 Å². The quantitative estimate of drug-likeness (QED) is 0.436. The Kier molecular flexibility index (Phi) is 8.42. The number of ether oxygens (including phenoxy) is 1. The molecule has 1 fully saturated rings. The molecule has 0 aromatic carbocycles. The molecule has 3 aromatic rings. The van der Waals surface area contributed by atoms with Crippen LogP contribution >= 0.6 is 0 Å². The number of pyridine rings is 2. The first-order valence-corrected chi connectivity index (χ1v) is 14.8. The number of anilines is 2. The van der Waals surface area contributed by atoms with E-state index in [1.165, 1.54) is 0 Å². The van der Waals surface area contributed by atoms with E-state index in [0.29, 0.717) is 66.0 Å². The summed E-state index contributed by atoms with van der Waals surface area (Å²) in [6.07, 6.45) is 4.34. The van der Waals surface area contributed by atoms with Gasteiger partial charge in [-0.3, -0.25) is 9.59 Å². The average Bonchev–Trinajstić information content (AvgIpc) is 3.19. The number of nitriles is 1. The molecule has 0 unspecified atom stereocenters. The lowest BCUT2D eigenvalue weighted by Gasteiger charge is -2.39. The van der Waals surface area contributed by atoms with Gasteiger partial charge in [-0.05, 0) is 59.7 Å². The molecule has 0 spiro atoms. The van der Waals surface area contributed by atoms with Crippen LogP contribution in [0.15, 0.2) is 42.9 Å². The Hall–Kier alpha value is -5.12. The van der Waals surface area contributed by atoms with Crippen LogP contribution in [0.25, 0.3) is 11.3 Å². The second kappa shape index (κ2) is 12.1. The molecule has 234 valence electrons. The summed E-state index contributed by atoms with van der Waals surface area (Å²) in [5.41, 5.74) is 1.35. The number of amides is 2. The summed E-state index contributed by atoms with van der Waals surface area (Å²) < 4.78 is 5.21. The molecule has 2 amide bonds. The second-order valence-corrected chi connectivity index (χ2v) is 12.7. The second-order valence-electron chi connectivity index (χ2n) is 12.7. The molecule has 0 radical (unpaired) electrons. The average molecular weight is 612 g/mol. The Morgan fingerprint density at radius 3 is 2.53 bits per heavy atom. The van der Waals surface area contributed by atoms with Gasteiger partial charge >= 0.3 is 6.09 Å². The van der Waals surface area contributed by atoms with E-state index < -0.39 is 17.2 Å². The van der Waals surface area contributed by atoms with Crippen molar-refractivity contribution in [2.75, 3.05) is 36.0 Å². The standard InChI is InChI=1S/C32H37N9O4/c1-20-18-39(12-13-40(20)26(42)17-37-30(44)45-31(2,3)4)29-35-15-22(16-36-29)24-10-9-23-27(43)32(5,6)41(28(23)38-24)19-21-8-7-11-34-25(21)14-33/h7-11,15-16,20H,12-13,17-19H2,1-6H3,(H,37,44)/t20-/m1/s1. The van der Waals surface area contributed by atoms with Crippen LogP contribution in [-0.4, -0.2) is 86.0 Å². The van der Waals surface area contributed by atoms with Gasteiger partial charge in [0.25, 0.3) is 0 Å². The monoisotopic (exact) mass is 611 g/mol. The van der Waals surface area contributed by atoms with Gasteiger partial charge in [-0.1, -0.05) is 6.07 Å². The zero-order valence-corrected chi connectivity index (χ0v) is 26.4. The number of rotatable bonds is 6. The van der Waals surface area contributed by atoms with Crippen LogP contribution in [0.4, 0.5) is 16.6 Å². The molecule has 1 saturated heterocycles. The number of ketones is 1. The van der Waals surface area contributed by atoms with E-state index in [9.17, 15) is 19.6 Å². The van der Waals surface area contributed by atoms with E-state index in [1.807, 2.05) is 36.6 Å². The third-order valence-electron chi connectivity index (χ3n) is 7.88. The first kappa shape index (κ1) is 31.3. The zero-order chi connectivity index (χ0) is 32.5. The Balaban J connectivity index is 1.27. The van der Waals surface area contributed by atoms with Gasteiger partial charge in [-0.2, -0.15) is 5.26 Å². The van der Waals surface area contributed by atoms with Gasteiger partial charge in [0, 0.05) is 61.9 Å². The zero-order valence-electron chi connectivity index (χ0n) is 26.4. The van der Waals surface area contributed by atoms with Gasteiger partial charge in [0.15, 0.2) is 5.78 Å². The van der Waals surface area contributed by atoms with Crippen molar-refractivity contribution in [1.82, 2.24) is 30.2 Å². The van der Waals surface area contributed by atoms with Crippen LogP contribution in [0.5, 0.6) is 0 Å². The highest BCUT2D eigenvalue weighted by atomic mass is 16.6. The summed E-state index contributed by atoms with van der Waals surface area (Å²) in [7, 11) is 0. The molecule has 5 rings (SSSR count). The maximum atomic E-state index is 13.3.